The molecule has 0 N–H and O–H groups in total. The second-order valence-corrected chi connectivity index (χ2v) is 8.00. The highest BCUT2D eigenvalue weighted by Crippen LogP contribution is 2.25. The Hall–Kier alpha value is -0.590. The van der Waals surface area contributed by atoms with Crippen LogP contribution >= 0.6 is 10.7 Å². The Morgan fingerprint density at radius 3 is 2.33 bits per heavy atom. The van der Waals surface area contributed by atoms with Crippen LogP contribution in [0.4, 0.5) is 0 Å². The standard InChI is InChI=1S/C14H24ClN3O2S/c1-3-12-14(21(15,19)20)13(4-2)18(16-12)11-7-10-17-8-5-6-9-17/h3-11H2,1-2H3. The van der Waals surface area contributed by atoms with E-state index in [1.807, 2.05) is 18.5 Å². The first kappa shape index (κ1) is 16.8. The molecule has 0 amide bonds. The van der Waals surface area contributed by atoms with E-state index in [0.29, 0.717) is 18.5 Å². The van der Waals surface area contributed by atoms with Crippen LogP contribution in [0.25, 0.3) is 0 Å². The third-order valence-corrected chi connectivity index (χ3v) is 5.46. The summed E-state index contributed by atoms with van der Waals surface area (Å²) in [5, 5.41) is 4.46. The molecule has 0 atom stereocenters. The molecule has 1 aromatic rings. The van der Waals surface area contributed by atoms with Gasteiger partial charge in [-0.3, -0.25) is 4.68 Å². The van der Waals surface area contributed by atoms with Gasteiger partial charge in [0, 0.05) is 17.2 Å². The Balaban J connectivity index is 2.13. The van der Waals surface area contributed by atoms with Gasteiger partial charge >= 0.3 is 0 Å². The number of aromatic nitrogens is 2. The molecule has 1 fully saturated rings. The average molecular weight is 334 g/mol. The molecule has 0 radical (unpaired) electrons. The smallest absolute Gasteiger partial charge is 0.264 e. The number of halogens is 1. The molecule has 2 rings (SSSR count). The van der Waals surface area contributed by atoms with Crippen molar-refractivity contribution in [2.45, 2.75) is 57.4 Å². The Morgan fingerprint density at radius 1 is 1.14 bits per heavy atom. The highest BCUT2D eigenvalue weighted by atomic mass is 35.7. The third kappa shape index (κ3) is 3.99. The monoisotopic (exact) mass is 333 g/mol. The second-order valence-electron chi connectivity index (χ2n) is 5.49. The van der Waals surface area contributed by atoms with E-state index in [0.717, 1.165) is 25.2 Å². The lowest BCUT2D eigenvalue weighted by atomic mass is 10.2. The first-order chi connectivity index (χ1) is 9.97. The lowest BCUT2D eigenvalue weighted by Crippen LogP contribution is -2.22. The van der Waals surface area contributed by atoms with E-state index in [1.54, 1.807) is 0 Å². The molecule has 0 unspecified atom stereocenters. The van der Waals surface area contributed by atoms with Gasteiger partial charge in [-0.15, -0.1) is 0 Å². The summed E-state index contributed by atoms with van der Waals surface area (Å²) < 4.78 is 25.4. The summed E-state index contributed by atoms with van der Waals surface area (Å²) in [5.74, 6) is 0. The molecule has 5 nitrogen and oxygen atoms in total. The number of hydrogen-bond acceptors (Lipinski definition) is 4. The molecule has 7 heteroatoms. The Labute approximate surface area is 131 Å². The number of nitrogens with zero attached hydrogens (tertiary/aromatic N) is 3. The van der Waals surface area contributed by atoms with Crippen LogP contribution in [-0.2, 0) is 28.4 Å². The number of aryl methyl sites for hydroxylation is 2. The van der Waals surface area contributed by atoms with Gasteiger partial charge in [0.1, 0.15) is 4.90 Å². The van der Waals surface area contributed by atoms with E-state index in [1.165, 1.54) is 25.9 Å². The van der Waals surface area contributed by atoms with Gasteiger partial charge in [-0.25, -0.2) is 8.42 Å². The maximum Gasteiger partial charge on any atom is 0.264 e. The highest BCUT2D eigenvalue weighted by molar-refractivity contribution is 8.13. The van der Waals surface area contributed by atoms with Crippen molar-refractivity contribution in [1.29, 1.82) is 0 Å². The van der Waals surface area contributed by atoms with Gasteiger partial charge in [0.05, 0.1) is 11.4 Å². The molecule has 1 aromatic heterocycles. The number of hydrogen-bond donors (Lipinski definition) is 0. The van der Waals surface area contributed by atoms with Crippen molar-refractivity contribution in [3.05, 3.63) is 11.4 Å². The lowest BCUT2D eigenvalue weighted by Gasteiger charge is -2.14. The molecule has 21 heavy (non-hydrogen) atoms. The maximum atomic E-state index is 11.8. The molecule has 0 saturated carbocycles. The SMILES string of the molecule is CCc1nn(CCCN2CCCC2)c(CC)c1S(=O)(=O)Cl. The minimum atomic E-state index is -3.73. The van der Waals surface area contributed by atoms with E-state index >= 15 is 0 Å². The maximum absolute atomic E-state index is 11.8. The molecule has 0 spiro atoms. The minimum absolute atomic E-state index is 0.232. The summed E-state index contributed by atoms with van der Waals surface area (Å²) in [6.07, 6.45) is 4.76. The number of likely N-dealkylation sites (tertiary alicyclic amines) is 1. The minimum Gasteiger partial charge on any atom is -0.303 e. The van der Waals surface area contributed by atoms with Crippen LogP contribution in [0.1, 0.15) is 44.5 Å². The average Bonchev–Trinajstić information content (AvgIpc) is 3.04. The normalized spacial score (nSPS) is 16.7. The second kappa shape index (κ2) is 7.11. The zero-order valence-electron chi connectivity index (χ0n) is 12.8. The van der Waals surface area contributed by atoms with Crippen LogP contribution in [0.5, 0.6) is 0 Å². The molecule has 120 valence electrons. The van der Waals surface area contributed by atoms with Crippen molar-refractivity contribution in [3.63, 3.8) is 0 Å². The van der Waals surface area contributed by atoms with E-state index in [4.69, 9.17) is 10.7 Å². The summed E-state index contributed by atoms with van der Waals surface area (Å²) >= 11 is 0. The van der Waals surface area contributed by atoms with Crippen molar-refractivity contribution in [1.82, 2.24) is 14.7 Å². The molecular formula is C14H24ClN3O2S. The molecule has 1 aliphatic heterocycles. The summed E-state index contributed by atoms with van der Waals surface area (Å²) in [6, 6.07) is 0. The van der Waals surface area contributed by atoms with E-state index in [-0.39, 0.29) is 4.90 Å². The van der Waals surface area contributed by atoms with E-state index < -0.39 is 9.05 Å². The number of rotatable bonds is 7. The first-order valence-electron chi connectivity index (χ1n) is 7.73. The summed E-state index contributed by atoms with van der Waals surface area (Å²) in [6.45, 7) is 8.01. The van der Waals surface area contributed by atoms with E-state index in [9.17, 15) is 8.42 Å². The fourth-order valence-electron chi connectivity index (χ4n) is 3.03. The Morgan fingerprint density at radius 2 is 1.81 bits per heavy atom. The van der Waals surface area contributed by atoms with Crippen LogP contribution < -0.4 is 0 Å². The molecule has 1 saturated heterocycles. The van der Waals surface area contributed by atoms with Gasteiger partial charge in [0.2, 0.25) is 0 Å². The van der Waals surface area contributed by atoms with Gasteiger partial charge in [0.25, 0.3) is 9.05 Å². The summed E-state index contributed by atoms with van der Waals surface area (Å²) in [5.41, 5.74) is 1.33. The van der Waals surface area contributed by atoms with Crippen molar-refractivity contribution in [2.24, 2.45) is 0 Å². The van der Waals surface area contributed by atoms with Gasteiger partial charge < -0.3 is 4.90 Å². The predicted octanol–water partition coefficient (Wildman–Crippen LogP) is 2.42. The molecular weight excluding hydrogens is 310 g/mol. The predicted molar refractivity (Wildman–Crippen MR) is 84.3 cm³/mol. The zero-order valence-corrected chi connectivity index (χ0v) is 14.4. The molecule has 2 heterocycles. The van der Waals surface area contributed by atoms with Gasteiger partial charge in [-0.2, -0.15) is 5.10 Å². The topological polar surface area (TPSA) is 55.2 Å². The fraction of sp³-hybridized carbons (Fsp3) is 0.786. The van der Waals surface area contributed by atoms with Crippen LogP contribution in [0.15, 0.2) is 4.90 Å². The molecule has 0 bridgehead atoms. The van der Waals surface area contributed by atoms with Crippen LogP contribution in [0.3, 0.4) is 0 Å². The van der Waals surface area contributed by atoms with Gasteiger partial charge in [0.15, 0.2) is 0 Å². The van der Waals surface area contributed by atoms with Crippen LogP contribution in [0.2, 0.25) is 0 Å². The molecule has 0 aliphatic carbocycles. The first-order valence-corrected chi connectivity index (χ1v) is 10.0. The third-order valence-electron chi connectivity index (χ3n) is 4.03. The zero-order chi connectivity index (χ0) is 15.5. The van der Waals surface area contributed by atoms with Crippen molar-refractivity contribution >= 4 is 19.7 Å². The van der Waals surface area contributed by atoms with Crippen molar-refractivity contribution in [2.75, 3.05) is 19.6 Å². The highest BCUT2D eigenvalue weighted by Gasteiger charge is 2.25. The fourth-order valence-corrected chi connectivity index (χ4v) is 4.56. The molecule has 1 aliphatic rings. The Kier molecular flexibility index (Phi) is 5.68. The van der Waals surface area contributed by atoms with Gasteiger partial charge in [-0.05, 0) is 51.7 Å². The Bertz CT molecular complexity index is 577. The lowest BCUT2D eigenvalue weighted by molar-refractivity contribution is 0.321. The van der Waals surface area contributed by atoms with Crippen LogP contribution in [0, 0.1) is 0 Å². The van der Waals surface area contributed by atoms with Crippen molar-refractivity contribution in [3.8, 4) is 0 Å². The summed E-state index contributed by atoms with van der Waals surface area (Å²) in [7, 11) is 1.86. The van der Waals surface area contributed by atoms with Gasteiger partial charge in [-0.1, -0.05) is 13.8 Å². The molecule has 0 aromatic carbocycles. The largest absolute Gasteiger partial charge is 0.303 e. The van der Waals surface area contributed by atoms with Crippen molar-refractivity contribution < 1.29 is 8.42 Å². The van der Waals surface area contributed by atoms with E-state index in [2.05, 4.69) is 10.00 Å². The quantitative estimate of drug-likeness (QED) is 0.719. The van der Waals surface area contributed by atoms with Crippen LogP contribution in [-0.4, -0.2) is 42.7 Å². The summed E-state index contributed by atoms with van der Waals surface area (Å²) in [4.78, 5) is 2.69.